The van der Waals surface area contributed by atoms with Crippen LogP contribution in [-0.4, -0.2) is 19.3 Å². The fourth-order valence-corrected chi connectivity index (χ4v) is 1.96. The monoisotopic (exact) mass is 209 g/mol. The fraction of sp³-hybridized carbons (Fsp3) is 0.455. The molecule has 82 valence electrons. The van der Waals surface area contributed by atoms with E-state index >= 15 is 0 Å². The number of aliphatic hydroxyl groups is 1. The van der Waals surface area contributed by atoms with Gasteiger partial charge in [0.05, 0.1) is 13.7 Å². The molecule has 1 atom stereocenters. The second-order valence-electron chi connectivity index (χ2n) is 3.56. The van der Waals surface area contributed by atoms with E-state index in [1.165, 1.54) is 0 Å². The first-order valence-corrected chi connectivity index (χ1v) is 4.86. The molecule has 1 aliphatic heterocycles. The van der Waals surface area contributed by atoms with Gasteiger partial charge < -0.3 is 19.9 Å². The van der Waals surface area contributed by atoms with Crippen LogP contribution in [0.15, 0.2) is 6.07 Å². The molecule has 4 heteroatoms. The number of anilines is 1. The molecule has 2 rings (SSSR count). The van der Waals surface area contributed by atoms with E-state index in [4.69, 9.17) is 9.47 Å². The van der Waals surface area contributed by atoms with Gasteiger partial charge in [0, 0.05) is 24.4 Å². The number of benzene rings is 1. The molecular formula is C11H15NO3. The Labute approximate surface area is 88.8 Å². The smallest absolute Gasteiger partial charge is 0.183 e. The van der Waals surface area contributed by atoms with Crippen molar-refractivity contribution in [1.82, 2.24) is 0 Å². The number of rotatable bonds is 2. The third-order valence-corrected chi connectivity index (χ3v) is 2.83. The highest BCUT2D eigenvalue weighted by Crippen LogP contribution is 2.40. The van der Waals surface area contributed by atoms with Crippen molar-refractivity contribution in [3.05, 3.63) is 22.8 Å². The van der Waals surface area contributed by atoms with Crippen LogP contribution in [0.3, 0.4) is 0 Å². The molecule has 0 bridgehead atoms. The summed E-state index contributed by atoms with van der Waals surface area (Å²) in [6, 6.07) is 1.88. The van der Waals surface area contributed by atoms with E-state index in [-0.39, 0.29) is 0 Å². The largest absolute Gasteiger partial charge is 0.496 e. The van der Waals surface area contributed by atoms with Crippen LogP contribution in [0.5, 0.6) is 5.75 Å². The molecule has 1 heterocycles. The topological polar surface area (TPSA) is 50.7 Å². The van der Waals surface area contributed by atoms with Gasteiger partial charge in [0.2, 0.25) is 0 Å². The molecule has 0 aromatic heterocycles. The van der Waals surface area contributed by atoms with Gasteiger partial charge in [0.25, 0.3) is 0 Å². The molecule has 1 aromatic rings. The van der Waals surface area contributed by atoms with Crippen molar-refractivity contribution < 1.29 is 14.6 Å². The van der Waals surface area contributed by atoms with E-state index in [2.05, 4.69) is 5.32 Å². The van der Waals surface area contributed by atoms with E-state index in [0.717, 1.165) is 28.1 Å². The van der Waals surface area contributed by atoms with E-state index in [1.807, 2.05) is 20.0 Å². The number of ether oxygens (including phenoxy) is 2. The lowest BCUT2D eigenvalue weighted by molar-refractivity contribution is -0.0915. The Kier molecular flexibility index (Phi) is 2.54. The normalized spacial score (nSPS) is 18.8. The van der Waals surface area contributed by atoms with Crippen molar-refractivity contribution in [3.63, 3.8) is 0 Å². The van der Waals surface area contributed by atoms with Crippen molar-refractivity contribution in [1.29, 1.82) is 0 Å². The quantitative estimate of drug-likeness (QED) is 0.776. The Bertz CT molecular complexity index is 390. The summed E-state index contributed by atoms with van der Waals surface area (Å²) in [5.74, 6) is 0.816. The zero-order valence-corrected chi connectivity index (χ0v) is 9.13. The highest BCUT2D eigenvalue weighted by molar-refractivity contribution is 5.63. The molecule has 15 heavy (non-hydrogen) atoms. The fourth-order valence-electron chi connectivity index (χ4n) is 1.96. The highest BCUT2D eigenvalue weighted by atomic mass is 16.6. The Hall–Kier alpha value is -1.26. The molecule has 1 aromatic carbocycles. The predicted molar refractivity (Wildman–Crippen MR) is 57.0 cm³/mol. The minimum absolute atomic E-state index is 0.439. The summed E-state index contributed by atoms with van der Waals surface area (Å²) in [6.07, 6.45) is -0.827. The molecule has 4 nitrogen and oxygen atoms in total. The maximum absolute atomic E-state index is 9.68. The van der Waals surface area contributed by atoms with Gasteiger partial charge in [-0.3, -0.25) is 0 Å². The summed E-state index contributed by atoms with van der Waals surface area (Å²) in [5.41, 5.74) is 3.74. The molecular weight excluding hydrogens is 194 g/mol. The van der Waals surface area contributed by atoms with Gasteiger partial charge in [0.1, 0.15) is 5.75 Å². The van der Waals surface area contributed by atoms with Gasteiger partial charge in [-0.15, -0.1) is 0 Å². The van der Waals surface area contributed by atoms with Gasteiger partial charge in [-0.2, -0.15) is 0 Å². The highest BCUT2D eigenvalue weighted by Gasteiger charge is 2.27. The Morgan fingerprint density at radius 3 is 2.93 bits per heavy atom. The molecule has 1 aliphatic rings. The Morgan fingerprint density at radius 2 is 2.33 bits per heavy atom. The summed E-state index contributed by atoms with van der Waals surface area (Å²) in [4.78, 5) is 0. The van der Waals surface area contributed by atoms with Gasteiger partial charge in [-0.25, -0.2) is 0 Å². The van der Waals surface area contributed by atoms with E-state index in [1.54, 1.807) is 7.11 Å². The number of fused-ring (bicyclic) bond motifs is 1. The third-order valence-electron chi connectivity index (χ3n) is 2.83. The van der Waals surface area contributed by atoms with Crippen LogP contribution >= 0.6 is 0 Å². The lowest BCUT2D eigenvalue weighted by Crippen LogP contribution is -2.02. The first-order valence-electron chi connectivity index (χ1n) is 4.86. The SMILES string of the molecule is CNc1cc(OC)c(C)c2c1C(O)OC2. The first-order chi connectivity index (χ1) is 7.19. The Morgan fingerprint density at radius 1 is 1.60 bits per heavy atom. The Balaban J connectivity index is 2.63. The molecule has 0 radical (unpaired) electrons. The van der Waals surface area contributed by atoms with Crippen LogP contribution in [0.25, 0.3) is 0 Å². The van der Waals surface area contributed by atoms with Crippen LogP contribution < -0.4 is 10.1 Å². The lowest BCUT2D eigenvalue weighted by Gasteiger charge is -2.14. The maximum atomic E-state index is 9.68. The van der Waals surface area contributed by atoms with Crippen molar-refractivity contribution >= 4 is 5.69 Å². The van der Waals surface area contributed by atoms with E-state index < -0.39 is 6.29 Å². The van der Waals surface area contributed by atoms with Crippen LogP contribution in [0.4, 0.5) is 5.69 Å². The molecule has 0 aliphatic carbocycles. The van der Waals surface area contributed by atoms with Gasteiger partial charge in [0.15, 0.2) is 6.29 Å². The first kappa shape index (κ1) is 10.3. The van der Waals surface area contributed by atoms with Crippen LogP contribution in [0, 0.1) is 6.92 Å². The number of nitrogens with one attached hydrogen (secondary N) is 1. The van der Waals surface area contributed by atoms with Gasteiger partial charge >= 0.3 is 0 Å². The summed E-state index contributed by atoms with van der Waals surface area (Å²) in [6.45, 7) is 2.41. The molecule has 0 fully saturated rings. The van der Waals surface area contributed by atoms with Gasteiger partial charge in [-0.05, 0) is 18.1 Å². The van der Waals surface area contributed by atoms with E-state index in [0.29, 0.717) is 6.61 Å². The number of aliphatic hydroxyl groups excluding tert-OH is 1. The lowest BCUT2D eigenvalue weighted by atomic mass is 10.0. The minimum Gasteiger partial charge on any atom is -0.496 e. The molecule has 0 spiro atoms. The zero-order valence-electron chi connectivity index (χ0n) is 9.13. The summed E-state index contributed by atoms with van der Waals surface area (Å²) in [7, 11) is 3.45. The summed E-state index contributed by atoms with van der Waals surface area (Å²) >= 11 is 0. The number of hydrogen-bond donors (Lipinski definition) is 2. The third kappa shape index (κ3) is 1.46. The van der Waals surface area contributed by atoms with Crippen molar-refractivity contribution in [2.75, 3.05) is 19.5 Å². The van der Waals surface area contributed by atoms with Crippen molar-refractivity contribution in [2.24, 2.45) is 0 Å². The predicted octanol–water partition coefficient (Wildman–Crippen LogP) is 1.57. The second kappa shape index (κ2) is 3.72. The zero-order chi connectivity index (χ0) is 11.0. The van der Waals surface area contributed by atoms with Crippen LogP contribution in [0.1, 0.15) is 23.0 Å². The van der Waals surface area contributed by atoms with E-state index in [9.17, 15) is 5.11 Å². The molecule has 1 unspecified atom stereocenters. The second-order valence-corrected chi connectivity index (χ2v) is 3.56. The summed E-state index contributed by atoms with van der Waals surface area (Å²) in [5, 5.41) is 12.7. The molecule has 0 saturated carbocycles. The number of methoxy groups -OCH3 is 1. The van der Waals surface area contributed by atoms with Crippen LogP contribution in [0.2, 0.25) is 0 Å². The standard InChI is InChI=1S/C11H15NO3/c1-6-7-5-15-11(13)10(7)8(12-2)4-9(6)14-3/h4,11-13H,5H2,1-3H3. The summed E-state index contributed by atoms with van der Waals surface area (Å²) < 4.78 is 10.5. The average Bonchev–Trinajstić information content (AvgIpc) is 2.63. The van der Waals surface area contributed by atoms with Crippen molar-refractivity contribution in [2.45, 2.75) is 19.8 Å². The molecule has 0 amide bonds. The van der Waals surface area contributed by atoms with Crippen LogP contribution in [-0.2, 0) is 11.3 Å². The van der Waals surface area contributed by atoms with Gasteiger partial charge in [-0.1, -0.05) is 0 Å². The average molecular weight is 209 g/mol. The van der Waals surface area contributed by atoms with Crippen molar-refractivity contribution in [3.8, 4) is 5.75 Å². The molecule has 0 saturated heterocycles. The molecule has 2 N–H and O–H groups in total. The minimum atomic E-state index is -0.827. The number of hydrogen-bond acceptors (Lipinski definition) is 4. The maximum Gasteiger partial charge on any atom is 0.183 e.